The summed E-state index contributed by atoms with van der Waals surface area (Å²) >= 11 is 1.51. The molecule has 0 bridgehead atoms. The topological polar surface area (TPSA) is 132 Å². The lowest BCUT2D eigenvalue weighted by Crippen LogP contribution is -2.33. The van der Waals surface area contributed by atoms with Crippen LogP contribution in [0.2, 0.25) is 0 Å². The van der Waals surface area contributed by atoms with E-state index in [0.29, 0.717) is 41.5 Å². The Balaban J connectivity index is 1.55. The summed E-state index contributed by atoms with van der Waals surface area (Å²) in [7, 11) is 0. The molecule has 4 N–H and O–H groups in total. The highest BCUT2D eigenvalue weighted by atomic mass is 32.2. The Labute approximate surface area is 213 Å². The minimum atomic E-state index is -1.07. The number of aliphatic hydroxyl groups excluding tert-OH is 3. The zero-order chi connectivity index (χ0) is 25.8. The molecule has 0 spiro atoms. The van der Waals surface area contributed by atoms with Crippen molar-refractivity contribution in [2.75, 3.05) is 19.0 Å². The number of thioether (sulfide) groups is 1. The summed E-state index contributed by atoms with van der Waals surface area (Å²) in [5.74, 6) is -1.02. The average Bonchev–Trinajstić information content (AvgIpc) is 3.58. The van der Waals surface area contributed by atoms with Crippen LogP contribution in [0.15, 0.2) is 28.5 Å². The van der Waals surface area contributed by atoms with E-state index in [2.05, 4.69) is 22.0 Å². The van der Waals surface area contributed by atoms with Crippen molar-refractivity contribution >= 4 is 17.4 Å². The first-order valence-electron chi connectivity index (χ1n) is 12.3. The van der Waals surface area contributed by atoms with Crippen LogP contribution in [-0.4, -0.2) is 62.6 Å². The van der Waals surface area contributed by atoms with Crippen molar-refractivity contribution < 1.29 is 28.8 Å². The van der Waals surface area contributed by atoms with Gasteiger partial charge in [0, 0.05) is 5.75 Å². The molecule has 0 amide bonds. The van der Waals surface area contributed by atoms with E-state index in [1.165, 1.54) is 17.8 Å². The Morgan fingerprint density at radius 2 is 1.81 bits per heavy atom. The number of nitrogens with one attached hydrogen (secondary N) is 1. The first-order chi connectivity index (χ1) is 17.4. The maximum Gasteiger partial charge on any atom is 0.188 e. The number of hydrogen-bond acceptors (Lipinski definition) is 9. The van der Waals surface area contributed by atoms with Gasteiger partial charge in [0.2, 0.25) is 0 Å². The smallest absolute Gasteiger partial charge is 0.188 e. The summed E-state index contributed by atoms with van der Waals surface area (Å²) in [6.45, 7) is 1.96. The van der Waals surface area contributed by atoms with Crippen LogP contribution in [0.4, 0.5) is 14.5 Å². The first kappa shape index (κ1) is 27.0. The number of benzene rings is 1. The van der Waals surface area contributed by atoms with Crippen molar-refractivity contribution in [3.63, 3.8) is 0 Å². The van der Waals surface area contributed by atoms with Crippen molar-refractivity contribution in [2.24, 2.45) is 17.0 Å². The van der Waals surface area contributed by atoms with Crippen molar-refractivity contribution in [3.05, 3.63) is 46.8 Å². The van der Waals surface area contributed by atoms with Crippen molar-refractivity contribution in [1.82, 2.24) is 9.97 Å². The normalized spacial score (nSPS) is 27.4. The van der Waals surface area contributed by atoms with Gasteiger partial charge in [-0.15, -0.1) is 0 Å². The van der Waals surface area contributed by atoms with E-state index in [0.717, 1.165) is 30.2 Å². The van der Waals surface area contributed by atoms with Gasteiger partial charge in [0.05, 0.1) is 36.8 Å². The van der Waals surface area contributed by atoms with Crippen LogP contribution >= 0.6 is 11.8 Å². The second-order valence-corrected chi connectivity index (χ2v) is 10.6. The molecular weight excluding hydrogens is 490 g/mol. The van der Waals surface area contributed by atoms with Gasteiger partial charge in [-0.1, -0.05) is 24.8 Å². The van der Waals surface area contributed by atoms with E-state index < -0.39 is 29.9 Å². The molecule has 1 heterocycles. The van der Waals surface area contributed by atoms with Gasteiger partial charge in [0.15, 0.2) is 16.8 Å². The molecule has 0 aliphatic heterocycles. The van der Waals surface area contributed by atoms with Gasteiger partial charge in [0.25, 0.3) is 0 Å². The van der Waals surface area contributed by atoms with E-state index in [1.54, 1.807) is 6.07 Å². The number of hydrogen-bond donors (Lipinski definition) is 4. The fourth-order valence-corrected chi connectivity index (χ4v) is 5.71. The SMILES string of the molecule is CCCSc1nc(CC2C[C@H]2c2ccc(F)c(F)c2)c(N=N)c(CC2CC(OCCO)[C@@H](O)[C@H]2O)n1. The molecule has 8 nitrogen and oxygen atoms in total. The number of aliphatic hydroxyl groups is 3. The zero-order valence-corrected chi connectivity index (χ0v) is 20.9. The number of ether oxygens (including phenoxy) is 1. The number of halogens is 2. The third kappa shape index (κ3) is 6.08. The Bertz CT molecular complexity index is 1080. The molecule has 0 radical (unpaired) electrons. The summed E-state index contributed by atoms with van der Waals surface area (Å²) in [6, 6.07) is 3.99. The van der Waals surface area contributed by atoms with E-state index >= 15 is 0 Å². The standard InChI is InChI=1S/C25H32F2N4O4S/c1-2-7-36-25-29-19(10-14-8-16(14)13-3-4-17(26)18(27)9-13)22(31-28)20(30-25)11-15-12-21(35-6-5-32)24(34)23(15)33/h3-4,9,14-16,21,23-24,28,32-34H,2,5-8,10-12H2,1H3/t14?,15?,16-,21?,23-,24+/m0/s1. The lowest BCUT2D eigenvalue weighted by molar-refractivity contribution is -0.0631. The van der Waals surface area contributed by atoms with Gasteiger partial charge < -0.3 is 20.1 Å². The third-order valence-corrected chi connectivity index (χ3v) is 7.99. The van der Waals surface area contributed by atoms with Crippen LogP contribution in [0.3, 0.4) is 0 Å². The Morgan fingerprint density at radius 1 is 1.08 bits per heavy atom. The van der Waals surface area contributed by atoms with Crippen molar-refractivity contribution in [3.8, 4) is 0 Å². The molecule has 1 aromatic heterocycles. The van der Waals surface area contributed by atoms with Crippen LogP contribution in [0.5, 0.6) is 0 Å². The summed E-state index contributed by atoms with van der Waals surface area (Å²) in [5.41, 5.74) is 10.1. The van der Waals surface area contributed by atoms with Gasteiger partial charge in [-0.25, -0.2) is 24.3 Å². The molecule has 4 rings (SSSR count). The summed E-state index contributed by atoms with van der Waals surface area (Å²) in [4.78, 5) is 9.34. The quantitative estimate of drug-likeness (QED) is 0.189. The predicted octanol–water partition coefficient (Wildman–Crippen LogP) is 3.93. The third-order valence-electron chi connectivity index (χ3n) is 6.93. The molecular formula is C25H32F2N4O4S. The summed E-state index contributed by atoms with van der Waals surface area (Å²) < 4.78 is 32.5. The van der Waals surface area contributed by atoms with E-state index in [1.807, 2.05) is 0 Å². The molecule has 2 aliphatic rings. The van der Waals surface area contributed by atoms with Gasteiger partial charge in [0.1, 0.15) is 11.8 Å². The molecule has 0 saturated heterocycles. The average molecular weight is 523 g/mol. The lowest BCUT2D eigenvalue weighted by atomic mass is 9.97. The Hall–Kier alpha value is -2.05. The van der Waals surface area contributed by atoms with Crippen LogP contribution in [-0.2, 0) is 17.6 Å². The van der Waals surface area contributed by atoms with Gasteiger partial charge in [-0.05, 0) is 67.6 Å². The monoisotopic (exact) mass is 522 g/mol. The predicted molar refractivity (Wildman–Crippen MR) is 129 cm³/mol. The largest absolute Gasteiger partial charge is 0.394 e. The number of nitrogens with zero attached hydrogens (tertiary/aromatic N) is 3. The molecule has 11 heteroatoms. The minimum absolute atomic E-state index is 0.0739. The van der Waals surface area contributed by atoms with Crippen LogP contribution < -0.4 is 0 Å². The highest BCUT2D eigenvalue weighted by Gasteiger charge is 2.43. The fourth-order valence-electron chi connectivity index (χ4n) is 4.97. The number of rotatable bonds is 12. The van der Waals surface area contributed by atoms with Crippen molar-refractivity contribution in [1.29, 1.82) is 5.53 Å². The van der Waals surface area contributed by atoms with Crippen LogP contribution in [0, 0.1) is 29.0 Å². The molecule has 2 aliphatic carbocycles. The minimum Gasteiger partial charge on any atom is -0.394 e. The molecule has 6 atom stereocenters. The second kappa shape index (κ2) is 12.0. The molecule has 3 unspecified atom stereocenters. The highest BCUT2D eigenvalue weighted by Crippen LogP contribution is 2.50. The van der Waals surface area contributed by atoms with Gasteiger partial charge in [-0.3, -0.25) is 0 Å². The van der Waals surface area contributed by atoms with Crippen LogP contribution in [0.1, 0.15) is 49.1 Å². The fraction of sp³-hybridized carbons (Fsp3) is 0.600. The molecule has 2 fully saturated rings. The van der Waals surface area contributed by atoms with E-state index in [4.69, 9.17) is 15.4 Å². The van der Waals surface area contributed by atoms with Gasteiger partial charge in [-0.2, -0.15) is 5.11 Å². The molecule has 2 aromatic rings. The van der Waals surface area contributed by atoms with Crippen LogP contribution in [0.25, 0.3) is 0 Å². The Morgan fingerprint density at radius 3 is 2.44 bits per heavy atom. The number of aromatic nitrogens is 2. The molecule has 2 saturated carbocycles. The zero-order valence-electron chi connectivity index (χ0n) is 20.1. The molecule has 196 valence electrons. The molecule has 36 heavy (non-hydrogen) atoms. The second-order valence-electron chi connectivity index (χ2n) is 9.50. The summed E-state index contributed by atoms with van der Waals surface area (Å²) in [5, 5.41) is 34.3. The first-order valence-corrected chi connectivity index (χ1v) is 13.3. The molecule has 1 aromatic carbocycles. The van der Waals surface area contributed by atoms with Gasteiger partial charge >= 0.3 is 0 Å². The lowest BCUT2D eigenvalue weighted by Gasteiger charge is -2.18. The van der Waals surface area contributed by atoms with E-state index in [-0.39, 0.29) is 31.0 Å². The maximum absolute atomic E-state index is 13.7. The van der Waals surface area contributed by atoms with E-state index in [9.17, 15) is 19.0 Å². The Kier molecular flexibility index (Phi) is 9.00. The summed E-state index contributed by atoms with van der Waals surface area (Å²) in [6.07, 6.45) is 0.244. The maximum atomic E-state index is 13.7. The highest BCUT2D eigenvalue weighted by molar-refractivity contribution is 7.99. The van der Waals surface area contributed by atoms with Crippen molar-refractivity contribution in [2.45, 2.75) is 68.4 Å².